The number of hydrogen-bond donors (Lipinski definition) is 1. The summed E-state index contributed by atoms with van der Waals surface area (Å²) in [6.45, 7) is -0.210. The lowest BCUT2D eigenvalue weighted by Gasteiger charge is -2.12. The molecular formula is C19H19N3O5. The van der Waals surface area contributed by atoms with E-state index in [1.54, 1.807) is 36.4 Å². The molecular weight excluding hydrogens is 350 g/mol. The first-order valence-electron chi connectivity index (χ1n) is 7.86. The van der Waals surface area contributed by atoms with E-state index in [-0.39, 0.29) is 6.61 Å². The Kier molecular flexibility index (Phi) is 7.02. The normalized spacial score (nSPS) is 10.1. The van der Waals surface area contributed by atoms with Crippen LogP contribution in [-0.4, -0.2) is 40.1 Å². The highest BCUT2D eigenvalue weighted by Gasteiger charge is 2.12. The zero-order chi connectivity index (χ0) is 19.6. The van der Waals surface area contributed by atoms with Gasteiger partial charge in [0.2, 0.25) is 5.75 Å². The van der Waals surface area contributed by atoms with Crippen LogP contribution in [-0.2, 0) is 4.79 Å². The number of benzene rings is 2. The number of carbonyl (C=O) groups is 1. The lowest BCUT2D eigenvalue weighted by atomic mass is 10.2. The summed E-state index contributed by atoms with van der Waals surface area (Å²) in [5, 5.41) is 12.6. The molecule has 2 aromatic carbocycles. The van der Waals surface area contributed by atoms with E-state index < -0.39 is 5.91 Å². The van der Waals surface area contributed by atoms with Gasteiger partial charge in [-0.3, -0.25) is 4.79 Å². The van der Waals surface area contributed by atoms with Gasteiger partial charge in [-0.2, -0.15) is 10.4 Å². The summed E-state index contributed by atoms with van der Waals surface area (Å²) in [6.07, 6.45) is 1.45. The maximum atomic E-state index is 11.8. The molecule has 0 saturated heterocycles. The molecule has 0 bridgehead atoms. The molecule has 0 atom stereocenters. The molecule has 0 aliphatic heterocycles. The van der Waals surface area contributed by atoms with E-state index in [1.165, 1.54) is 27.5 Å². The van der Waals surface area contributed by atoms with E-state index in [1.807, 2.05) is 6.07 Å². The quantitative estimate of drug-likeness (QED) is 0.565. The highest BCUT2D eigenvalue weighted by Crippen LogP contribution is 2.37. The minimum atomic E-state index is -0.428. The van der Waals surface area contributed by atoms with Gasteiger partial charge in [-0.15, -0.1) is 0 Å². The van der Waals surface area contributed by atoms with Crippen molar-refractivity contribution < 1.29 is 23.7 Å². The van der Waals surface area contributed by atoms with Crippen molar-refractivity contribution >= 4 is 12.1 Å². The summed E-state index contributed by atoms with van der Waals surface area (Å²) in [7, 11) is 4.54. The summed E-state index contributed by atoms with van der Waals surface area (Å²) in [5.41, 5.74) is 3.53. The Morgan fingerprint density at radius 2 is 1.74 bits per heavy atom. The first-order valence-corrected chi connectivity index (χ1v) is 7.86. The van der Waals surface area contributed by atoms with Crippen LogP contribution in [0.25, 0.3) is 0 Å². The van der Waals surface area contributed by atoms with E-state index in [2.05, 4.69) is 10.5 Å². The molecule has 1 N–H and O–H groups in total. The van der Waals surface area contributed by atoms with Gasteiger partial charge in [0.05, 0.1) is 39.2 Å². The first kappa shape index (κ1) is 19.6. The van der Waals surface area contributed by atoms with Crippen molar-refractivity contribution in [2.75, 3.05) is 27.9 Å². The van der Waals surface area contributed by atoms with Crippen LogP contribution < -0.4 is 24.4 Å². The Hall–Kier alpha value is -3.73. The van der Waals surface area contributed by atoms with Crippen molar-refractivity contribution in [2.24, 2.45) is 5.10 Å². The van der Waals surface area contributed by atoms with Crippen LogP contribution in [0.1, 0.15) is 11.1 Å². The molecule has 0 unspecified atom stereocenters. The summed E-state index contributed by atoms with van der Waals surface area (Å²) < 4.78 is 21.1. The molecule has 0 aliphatic rings. The second-order valence-corrected chi connectivity index (χ2v) is 5.18. The van der Waals surface area contributed by atoms with Gasteiger partial charge in [0.15, 0.2) is 18.1 Å². The summed E-state index contributed by atoms with van der Waals surface area (Å²) >= 11 is 0. The highest BCUT2D eigenvalue weighted by molar-refractivity contribution is 5.84. The molecule has 1 amide bonds. The van der Waals surface area contributed by atoms with Gasteiger partial charge in [0.1, 0.15) is 5.75 Å². The van der Waals surface area contributed by atoms with Crippen molar-refractivity contribution in [2.45, 2.75) is 0 Å². The van der Waals surface area contributed by atoms with Crippen molar-refractivity contribution in [1.29, 1.82) is 5.26 Å². The van der Waals surface area contributed by atoms with E-state index >= 15 is 0 Å². The van der Waals surface area contributed by atoms with Gasteiger partial charge in [-0.1, -0.05) is 0 Å². The number of amides is 1. The van der Waals surface area contributed by atoms with Crippen LogP contribution in [0.2, 0.25) is 0 Å². The molecule has 0 aromatic heterocycles. The number of rotatable bonds is 8. The third-order valence-electron chi connectivity index (χ3n) is 3.44. The average Bonchev–Trinajstić information content (AvgIpc) is 2.71. The smallest absolute Gasteiger partial charge is 0.277 e. The monoisotopic (exact) mass is 369 g/mol. The van der Waals surface area contributed by atoms with Gasteiger partial charge >= 0.3 is 0 Å². The van der Waals surface area contributed by atoms with Crippen LogP contribution in [0.4, 0.5) is 0 Å². The number of nitrogens with zero attached hydrogens (tertiary/aromatic N) is 2. The zero-order valence-electron chi connectivity index (χ0n) is 15.2. The van der Waals surface area contributed by atoms with Gasteiger partial charge < -0.3 is 18.9 Å². The molecule has 140 valence electrons. The fraction of sp³-hybridized carbons (Fsp3) is 0.211. The van der Waals surface area contributed by atoms with Crippen LogP contribution in [0.15, 0.2) is 41.5 Å². The van der Waals surface area contributed by atoms with Gasteiger partial charge in [0.25, 0.3) is 5.91 Å². The lowest BCUT2D eigenvalue weighted by molar-refractivity contribution is -0.123. The maximum Gasteiger partial charge on any atom is 0.277 e. The fourth-order valence-corrected chi connectivity index (χ4v) is 2.16. The molecule has 0 heterocycles. The molecule has 0 spiro atoms. The largest absolute Gasteiger partial charge is 0.493 e. The zero-order valence-corrected chi connectivity index (χ0v) is 15.2. The van der Waals surface area contributed by atoms with Crippen molar-refractivity contribution in [3.05, 3.63) is 47.5 Å². The summed E-state index contributed by atoms with van der Waals surface area (Å²) in [5.74, 6) is 1.49. The summed E-state index contributed by atoms with van der Waals surface area (Å²) in [4.78, 5) is 11.8. The molecule has 0 aliphatic carbocycles. The topological polar surface area (TPSA) is 102 Å². The Morgan fingerprint density at radius 3 is 2.26 bits per heavy atom. The second kappa shape index (κ2) is 9.68. The van der Waals surface area contributed by atoms with Gasteiger partial charge in [0, 0.05) is 5.56 Å². The van der Waals surface area contributed by atoms with E-state index in [0.29, 0.717) is 34.1 Å². The van der Waals surface area contributed by atoms with Crippen LogP contribution in [0, 0.1) is 11.3 Å². The molecule has 0 radical (unpaired) electrons. The molecule has 8 nitrogen and oxygen atoms in total. The fourth-order valence-electron chi connectivity index (χ4n) is 2.16. The Bertz CT molecular complexity index is 832. The highest BCUT2D eigenvalue weighted by atomic mass is 16.5. The van der Waals surface area contributed by atoms with Crippen LogP contribution >= 0.6 is 0 Å². The third kappa shape index (κ3) is 5.37. The SMILES string of the molecule is COc1cc(/C=N\NC(=O)COc2ccc(C#N)cc2)cc(OC)c1OC. The number of hydrogen-bond acceptors (Lipinski definition) is 7. The molecule has 2 aromatic rings. The van der Waals surface area contributed by atoms with Crippen molar-refractivity contribution in [3.8, 4) is 29.1 Å². The average molecular weight is 369 g/mol. The first-order chi connectivity index (χ1) is 13.1. The maximum absolute atomic E-state index is 11.8. The number of ether oxygens (including phenoxy) is 4. The Labute approximate surface area is 156 Å². The molecule has 0 fully saturated rings. The number of methoxy groups -OCH3 is 3. The van der Waals surface area contributed by atoms with Crippen LogP contribution in [0.3, 0.4) is 0 Å². The third-order valence-corrected chi connectivity index (χ3v) is 3.44. The van der Waals surface area contributed by atoms with Crippen LogP contribution in [0.5, 0.6) is 23.0 Å². The second-order valence-electron chi connectivity index (χ2n) is 5.18. The molecule has 0 saturated carbocycles. The minimum absolute atomic E-state index is 0.210. The predicted molar refractivity (Wildman–Crippen MR) is 98.5 cm³/mol. The summed E-state index contributed by atoms with van der Waals surface area (Å²) in [6, 6.07) is 11.8. The molecule has 27 heavy (non-hydrogen) atoms. The number of hydrazone groups is 1. The standard InChI is InChI=1S/C19H19N3O5/c1-24-16-8-14(9-17(25-2)19(16)26-3)11-21-22-18(23)12-27-15-6-4-13(10-20)5-7-15/h4-9,11H,12H2,1-3H3,(H,22,23)/b21-11-. The molecule has 2 rings (SSSR count). The number of nitriles is 1. The lowest BCUT2D eigenvalue weighted by Crippen LogP contribution is -2.24. The Balaban J connectivity index is 1.94. The Morgan fingerprint density at radius 1 is 1.11 bits per heavy atom. The van der Waals surface area contributed by atoms with Gasteiger partial charge in [-0.05, 0) is 36.4 Å². The molecule has 8 heteroatoms. The number of nitrogens with one attached hydrogen (secondary N) is 1. The number of carbonyl (C=O) groups excluding carboxylic acids is 1. The predicted octanol–water partition coefficient (Wildman–Crippen LogP) is 2.11. The van der Waals surface area contributed by atoms with Crippen molar-refractivity contribution in [3.63, 3.8) is 0 Å². The van der Waals surface area contributed by atoms with E-state index in [0.717, 1.165) is 0 Å². The minimum Gasteiger partial charge on any atom is -0.493 e. The van der Waals surface area contributed by atoms with Crippen molar-refractivity contribution in [1.82, 2.24) is 5.43 Å². The van der Waals surface area contributed by atoms with E-state index in [4.69, 9.17) is 24.2 Å². The van der Waals surface area contributed by atoms with E-state index in [9.17, 15) is 4.79 Å². The van der Waals surface area contributed by atoms with Gasteiger partial charge in [-0.25, -0.2) is 5.43 Å².